The van der Waals surface area contributed by atoms with Crippen LogP contribution in [0, 0.1) is 5.92 Å². The molecule has 0 N–H and O–H groups in total. The van der Waals surface area contributed by atoms with Crippen molar-refractivity contribution in [2.75, 3.05) is 6.61 Å². The van der Waals surface area contributed by atoms with E-state index in [1.54, 1.807) is 0 Å². The van der Waals surface area contributed by atoms with Gasteiger partial charge in [0, 0.05) is 12.3 Å². The molecule has 0 saturated heterocycles. The molecule has 2 rings (SSSR count). The van der Waals surface area contributed by atoms with Gasteiger partial charge in [-0.25, -0.2) is 0 Å². The van der Waals surface area contributed by atoms with E-state index in [4.69, 9.17) is 4.74 Å². The zero-order valence-corrected chi connectivity index (χ0v) is 22.6. The number of esters is 1. The quantitative estimate of drug-likeness (QED) is 0.119. The third-order valence-corrected chi connectivity index (χ3v) is 6.91. The Bertz CT molecular complexity index is 860. The molecule has 0 saturated carbocycles. The molecule has 0 radical (unpaired) electrons. The molecule has 0 spiro atoms. The summed E-state index contributed by atoms with van der Waals surface area (Å²) in [7, 11) is 0. The number of fused-ring (bicyclic) bond motifs is 1. The van der Waals surface area contributed by atoms with Crippen molar-refractivity contribution >= 4 is 5.97 Å². The van der Waals surface area contributed by atoms with Crippen molar-refractivity contribution in [1.29, 1.82) is 0 Å². The lowest BCUT2D eigenvalue weighted by atomic mass is 9.94. The summed E-state index contributed by atoms with van der Waals surface area (Å²) in [5, 5.41) is 0. The Labute approximate surface area is 215 Å². The molecule has 0 aromatic carbocycles. The molecule has 0 aromatic heterocycles. The molecule has 2 aliphatic rings. The first-order chi connectivity index (χ1) is 17.0. The van der Waals surface area contributed by atoms with Gasteiger partial charge in [-0.3, -0.25) is 4.79 Å². The zero-order chi connectivity index (χ0) is 25.3. The summed E-state index contributed by atoms with van der Waals surface area (Å²) in [5.41, 5.74) is 6.05. The largest absolute Gasteiger partial charge is 0.461 e. The lowest BCUT2D eigenvalue weighted by Gasteiger charge is -2.13. The van der Waals surface area contributed by atoms with Crippen LogP contribution in [-0.4, -0.2) is 12.6 Å². The Morgan fingerprint density at radius 2 is 1.66 bits per heavy atom. The first-order valence-electron chi connectivity index (χ1n) is 13.9. The van der Waals surface area contributed by atoms with Crippen LogP contribution in [0.25, 0.3) is 0 Å². The topological polar surface area (TPSA) is 26.3 Å². The van der Waals surface area contributed by atoms with Crippen molar-refractivity contribution in [3.63, 3.8) is 0 Å². The summed E-state index contributed by atoms with van der Waals surface area (Å²) in [4.78, 5) is 12.3. The average Bonchev–Trinajstić information content (AvgIpc) is 3.16. The number of hydrogen-bond donors (Lipinski definition) is 0. The molecule has 0 aliphatic heterocycles. The van der Waals surface area contributed by atoms with Gasteiger partial charge in [-0.1, -0.05) is 99.8 Å². The average molecular weight is 477 g/mol. The van der Waals surface area contributed by atoms with Crippen LogP contribution in [0.5, 0.6) is 0 Å². The predicted molar refractivity (Wildman–Crippen MR) is 151 cm³/mol. The van der Waals surface area contributed by atoms with Gasteiger partial charge >= 0.3 is 5.97 Å². The Kier molecular flexibility index (Phi) is 14.1. The van der Waals surface area contributed by atoms with Crippen molar-refractivity contribution in [2.45, 2.75) is 104 Å². The van der Waals surface area contributed by atoms with Crippen LogP contribution in [0.1, 0.15) is 104 Å². The van der Waals surface area contributed by atoms with Crippen LogP contribution >= 0.6 is 0 Å². The molecule has 192 valence electrons. The van der Waals surface area contributed by atoms with Gasteiger partial charge < -0.3 is 4.74 Å². The van der Waals surface area contributed by atoms with Crippen LogP contribution in [0.4, 0.5) is 0 Å². The maximum absolute atomic E-state index is 12.3. The van der Waals surface area contributed by atoms with Gasteiger partial charge in [-0.15, -0.1) is 0 Å². The maximum atomic E-state index is 12.3. The third kappa shape index (κ3) is 11.3. The number of carbonyl (C=O) groups is 1. The summed E-state index contributed by atoms with van der Waals surface area (Å²) in [5.74, 6) is 0.263. The van der Waals surface area contributed by atoms with Crippen LogP contribution < -0.4 is 0 Å². The number of carbonyl (C=O) groups excluding carboxylic acids is 1. The van der Waals surface area contributed by atoms with Gasteiger partial charge in [-0.2, -0.15) is 0 Å². The van der Waals surface area contributed by atoms with E-state index < -0.39 is 0 Å². The van der Waals surface area contributed by atoms with E-state index in [2.05, 4.69) is 76.0 Å². The highest BCUT2D eigenvalue weighted by Gasteiger charge is 2.22. The summed E-state index contributed by atoms with van der Waals surface area (Å²) in [6.45, 7) is 11.0. The second-order valence-corrected chi connectivity index (χ2v) is 10.1. The number of ether oxygens (including phenoxy) is 1. The lowest BCUT2D eigenvalue weighted by molar-refractivity contribution is -0.142. The van der Waals surface area contributed by atoms with Crippen molar-refractivity contribution in [3.8, 4) is 0 Å². The molecule has 35 heavy (non-hydrogen) atoms. The first kappa shape index (κ1) is 28.9. The van der Waals surface area contributed by atoms with E-state index in [1.165, 1.54) is 67.2 Å². The smallest absolute Gasteiger partial charge is 0.306 e. The van der Waals surface area contributed by atoms with Gasteiger partial charge in [0.05, 0.1) is 0 Å². The van der Waals surface area contributed by atoms with E-state index in [0.717, 1.165) is 37.7 Å². The molecule has 2 nitrogen and oxygen atoms in total. The molecule has 0 aromatic rings. The zero-order valence-electron chi connectivity index (χ0n) is 22.6. The highest BCUT2D eigenvalue weighted by atomic mass is 16.5. The molecule has 0 heterocycles. The standard InChI is InChI=1S/C33H48O2/c1-5-6-7-8-9-10-11-12-13-14-15-16-17-18-19-20-33(34)35-26-30-23-24-31-28(4)21-22-29(27(2)3)25-32(30)31/h9-10,12-13,21,23-25,29H,2,5-8,11,14-20,22,26H2,1,3-4H3/b10-9-,13-12-/t29-/m0/s1. The van der Waals surface area contributed by atoms with Gasteiger partial charge in [0.2, 0.25) is 0 Å². The fourth-order valence-electron chi connectivity index (χ4n) is 4.54. The molecular formula is C33H48O2. The fraction of sp³-hybridized carbons (Fsp3) is 0.545. The van der Waals surface area contributed by atoms with E-state index >= 15 is 0 Å². The summed E-state index contributed by atoms with van der Waals surface area (Å²) in [6, 6.07) is 0. The van der Waals surface area contributed by atoms with E-state index in [-0.39, 0.29) is 5.97 Å². The Balaban J connectivity index is 1.53. The highest BCUT2D eigenvalue weighted by molar-refractivity contribution is 5.70. The van der Waals surface area contributed by atoms with Gasteiger partial charge in [0.25, 0.3) is 0 Å². The van der Waals surface area contributed by atoms with E-state index in [9.17, 15) is 4.79 Å². The first-order valence-corrected chi connectivity index (χ1v) is 13.9. The summed E-state index contributed by atoms with van der Waals surface area (Å²) < 4.78 is 5.63. The van der Waals surface area contributed by atoms with Crippen LogP contribution in [0.3, 0.4) is 0 Å². The van der Waals surface area contributed by atoms with Crippen molar-refractivity contribution in [3.05, 3.63) is 83.1 Å². The molecule has 0 unspecified atom stereocenters. The molecule has 2 heteroatoms. The second kappa shape index (κ2) is 17.1. The van der Waals surface area contributed by atoms with E-state index in [1.807, 2.05) is 0 Å². The van der Waals surface area contributed by atoms with Crippen LogP contribution in [0.15, 0.2) is 83.1 Å². The van der Waals surface area contributed by atoms with Gasteiger partial charge in [0.15, 0.2) is 0 Å². The minimum Gasteiger partial charge on any atom is -0.461 e. The van der Waals surface area contributed by atoms with Crippen molar-refractivity contribution in [1.82, 2.24) is 0 Å². The minimum atomic E-state index is -0.0806. The number of rotatable bonds is 17. The fourth-order valence-corrected chi connectivity index (χ4v) is 4.54. The summed E-state index contributed by atoms with van der Waals surface area (Å²) in [6.07, 6.45) is 32.6. The Morgan fingerprint density at radius 3 is 2.37 bits per heavy atom. The monoisotopic (exact) mass is 476 g/mol. The summed E-state index contributed by atoms with van der Waals surface area (Å²) >= 11 is 0. The minimum absolute atomic E-state index is 0.0806. The van der Waals surface area contributed by atoms with E-state index in [0.29, 0.717) is 18.9 Å². The van der Waals surface area contributed by atoms with Crippen LogP contribution in [-0.2, 0) is 9.53 Å². The molecular weight excluding hydrogens is 428 g/mol. The van der Waals surface area contributed by atoms with Gasteiger partial charge in [0.1, 0.15) is 6.61 Å². The third-order valence-electron chi connectivity index (χ3n) is 6.91. The number of allylic oxidation sites excluding steroid dienone is 11. The predicted octanol–water partition coefficient (Wildman–Crippen LogP) is 9.68. The maximum Gasteiger partial charge on any atom is 0.306 e. The molecule has 0 bridgehead atoms. The molecule has 0 amide bonds. The second-order valence-electron chi connectivity index (χ2n) is 10.1. The number of unbranched alkanes of at least 4 members (excludes halogenated alkanes) is 8. The van der Waals surface area contributed by atoms with Crippen molar-refractivity contribution in [2.24, 2.45) is 5.92 Å². The SMILES string of the molecule is C=C(C)[C@@H]1C=C2C(COC(=O)CCCCCCC/C=C\C/C=C\CCCCC)=CC=C2C(C)=CC1. The molecule has 2 aliphatic carbocycles. The normalized spacial score (nSPS) is 17.6. The number of hydrogen-bond acceptors (Lipinski definition) is 2. The van der Waals surface area contributed by atoms with Crippen molar-refractivity contribution < 1.29 is 9.53 Å². The van der Waals surface area contributed by atoms with Gasteiger partial charge in [-0.05, 0) is 81.1 Å². The lowest BCUT2D eigenvalue weighted by Crippen LogP contribution is -2.09. The molecule has 0 fully saturated rings. The Morgan fingerprint density at radius 1 is 0.971 bits per heavy atom. The van der Waals surface area contributed by atoms with Crippen LogP contribution in [0.2, 0.25) is 0 Å². The highest BCUT2D eigenvalue weighted by Crippen LogP contribution is 2.37. The Hall–Kier alpha value is -2.35. The molecule has 1 atom stereocenters.